The van der Waals surface area contributed by atoms with E-state index in [0.29, 0.717) is 0 Å². The second-order valence-electron chi connectivity index (χ2n) is 4.43. The first-order valence-electron chi connectivity index (χ1n) is 5.69. The minimum absolute atomic E-state index is 0.899. The van der Waals surface area contributed by atoms with Crippen molar-refractivity contribution in [1.29, 1.82) is 0 Å². The summed E-state index contributed by atoms with van der Waals surface area (Å²) in [6.45, 7) is 6.20. The molecular formula is C14H18N2O. The van der Waals surface area contributed by atoms with Gasteiger partial charge in [-0.1, -0.05) is 0 Å². The molecular weight excluding hydrogens is 212 g/mol. The summed E-state index contributed by atoms with van der Waals surface area (Å²) in [6, 6.07) is 6.31. The highest BCUT2D eigenvalue weighted by Crippen LogP contribution is 2.32. The number of rotatable bonds is 2. The zero-order chi connectivity index (χ0) is 12.6. The third-order valence-corrected chi connectivity index (χ3v) is 3.09. The summed E-state index contributed by atoms with van der Waals surface area (Å²) in [5, 5.41) is 4.38. The average Bonchev–Trinajstić information content (AvgIpc) is 2.61. The maximum atomic E-state index is 5.46. The molecule has 0 fully saturated rings. The van der Waals surface area contributed by atoms with Crippen LogP contribution in [0.3, 0.4) is 0 Å². The molecule has 1 aromatic heterocycles. The molecule has 1 heterocycles. The Kier molecular flexibility index (Phi) is 2.92. The first kappa shape index (κ1) is 11.7. The fourth-order valence-corrected chi connectivity index (χ4v) is 2.02. The highest BCUT2D eigenvalue weighted by atomic mass is 16.5. The predicted octanol–water partition coefficient (Wildman–Crippen LogP) is 3.02. The molecule has 0 aliphatic heterocycles. The van der Waals surface area contributed by atoms with Crippen LogP contribution in [-0.2, 0) is 7.05 Å². The largest absolute Gasteiger partial charge is 0.496 e. The number of aryl methyl sites for hydroxylation is 4. The second kappa shape index (κ2) is 4.24. The normalized spacial score (nSPS) is 10.6. The molecule has 3 nitrogen and oxygen atoms in total. The molecule has 0 amide bonds. The Balaban J connectivity index is 2.66. The van der Waals surface area contributed by atoms with Gasteiger partial charge in [-0.25, -0.2) is 0 Å². The predicted molar refractivity (Wildman–Crippen MR) is 69.4 cm³/mol. The fourth-order valence-electron chi connectivity index (χ4n) is 2.02. The summed E-state index contributed by atoms with van der Waals surface area (Å²) in [7, 11) is 3.66. The van der Waals surface area contributed by atoms with Gasteiger partial charge < -0.3 is 4.74 Å². The van der Waals surface area contributed by atoms with E-state index in [-0.39, 0.29) is 0 Å². The Labute approximate surface area is 102 Å². The van der Waals surface area contributed by atoms with Crippen molar-refractivity contribution in [2.24, 2.45) is 7.05 Å². The van der Waals surface area contributed by atoms with Crippen LogP contribution in [0.2, 0.25) is 0 Å². The van der Waals surface area contributed by atoms with Crippen LogP contribution in [0.1, 0.15) is 16.8 Å². The van der Waals surface area contributed by atoms with Gasteiger partial charge in [0.2, 0.25) is 0 Å². The molecule has 0 bridgehead atoms. The van der Waals surface area contributed by atoms with Crippen LogP contribution in [0.4, 0.5) is 0 Å². The monoisotopic (exact) mass is 230 g/mol. The molecule has 17 heavy (non-hydrogen) atoms. The highest BCUT2D eigenvalue weighted by molar-refractivity contribution is 5.69. The summed E-state index contributed by atoms with van der Waals surface area (Å²) in [5.41, 5.74) is 5.70. The zero-order valence-corrected chi connectivity index (χ0v) is 11.0. The van der Waals surface area contributed by atoms with E-state index < -0.39 is 0 Å². The summed E-state index contributed by atoms with van der Waals surface area (Å²) >= 11 is 0. The van der Waals surface area contributed by atoms with Crippen LogP contribution < -0.4 is 4.74 Å². The molecule has 2 aromatic rings. The lowest BCUT2D eigenvalue weighted by Gasteiger charge is -2.11. The zero-order valence-electron chi connectivity index (χ0n) is 11.0. The molecule has 0 saturated carbocycles. The molecule has 0 N–H and O–H groups in total. The van der Waals surface area contributed by atoms with E-state index in [9.17, 15) is 0 Å². The van der Waals surface area contributed by atoms with Crippen LogP contribution in [0.15, 0.2) is 18.2 Å². The number of hydrogen-bond acceptors (Lipinski definition) is 2. The second-order valence-corrected chi connectivity index (χ2v) is 4.43. The van der Waals surface area contributed by atoms with Crippen LogP contribution in [-0.4, -0.2) is 16.9 Å². The highest BCUT2D eigenvalue weighted by Gasteiger charge is 2.12. The fraction of sp³-hybridized carbons (Fsp3) is 0.357. The number of ether oxygens (including phenoxy) is 1. The lowest BCUT2D eigenvalue weighted by Crippen LogP contribution is -1.97. The quantitative estimate of drug-likeness (QED) is 0.793. The van der Waals surface area contributed by atoms with Gasteiger partial charge in [0.05, 0.1) is 18.5 Å². The van der Waals surface area contributed by atoms with E-state index in [1.807, 2.05) is 18.7 Å². The standard InChI is InChI=1S/C14H18N2O/c1-9-6-12(14(17-5)7-10(9)2)13-8-11(3)15-16(13)4/h6-8H,1-5H3. The van der Waals surface area contributed by atoms with Gasteiger partial charge in [-0.15, -0.1) is 0 Å². The summed E-state index contributed by atoms with van der Waals surface area (Å²) in [4.78, 5) is 0. The van der Waals surface area contributed by atoms with E-state index in [2.05, 4.69) is 37.1 Å². The molecule has 0 aliphatic rings. The number of nitrogens with zero attached hydrogens (tertiary/aromatic N) is 2. The van der Waals surface area contributed by atoms with E-state index in [4.69, 9.17) is 4.74 Å². The Morgan fingerprint density at radius 2 is 1.71 bits per heavy atom. The molecule has 0 saturated heterocycles. The Morgan fingerprint density at radius 3 is 2.24 bits per heavy atom. The van der Waals surface area contributed by atoms with Gasteiger partial charge in [0.15, 0.2) is 0 Å². The maximum Gasteiger partial charge on any atom is 0.128 e. The third kappa shape index (κ3) is 2.05. The number of hydrogen-bond donors (Lipinski definition) is 0. The Hall–Kier alpha value is -1.77. The minimum Gasteiger partial charge on any atom is -0.496 e. The number of aromatic nitrogens is 2. The molecule has 0 atom stereocenters. The molecule has 0 aliphatic carbocycles. The number of benzene rings is 1. The molecule has 0 spiro atoms. The van der Waals surface area contributed by atoms with Crippen molar-refractivity contribution >= 4 is 0 Å². The van der Waals surface area contributed by atoms with Crippen molar-refractivity contribution < 1.29 is 4.74 Å². The van der Waals surface area contributed by atoms with Crippen LogP contribution >= 0.6 is 0 Å². The topological polar surface area (TPSA) is 27.1 Å². The van der Waals surface area contributed by atoms with E-state index in [0.717, 1.165) is 22.7 Å². The summed E-state index contributed by atoms with van der Waals surface area (Å²) in [5.74, 6) is 0.899. The van der Waals surface area contributed by atoms with Gasteiger partial charge in [0.25, 0.3) is 0 Å². The summed E-state index contributed by atoms with van der Waals surface area (Å²) in [6.07, 6.45) is 0. The minimum atomic E-state index is 0.899. The van der Waals surface area contributed by atoms with E-state index in [1.165, 1.54) is 11.1 Å². The smallest absolute Gasteiger partial charge is 0.128 e. The van der Waals surface area contributed by atoms with Crippen molar-refractivity contribution in [2.45, 2.75) is 20.8 Å². The maximum absolute atomic E-state index is 5.46. The first-order valence-corrected chi connectivity index (χ1v) is 5.69. The van der Waals surface area contributed by atoms with Crippen molar-refractivity contribution in [3.05, 3.63) is 35.0 Å². The molecule has 0 unspecified atom stereocenters. The van der Waals surface area contributed by atoms with Crippen LogP contribution in [0.5, 0.6) is 5.75 Å². The van der Waals surface area contributed by atoms with Gasteiger partial charge in [-0.2, -0.15) is 5.10 Å². The van der Waals surface area contributed by atoms with Crippen LogP contribution in [0, 0.1) is 20.8 Å². The van der Waals surface area contributed by atoms with Crippen molar-refractivity contribution in [2.75, 3.05) is 7.11 Å². The Morgan fingerprint density at radius 1 is 1.06 bits per heavy atom. The SMILES string of the molecule is COc1cc(C)c(C)cc1-c1cc(C)nn1C. The van der Waals surface area contributed by atoms with Crippen molar-refractivity contribution in [3.8, 4) is 17.0 Å². The van der Waals surface area contributed by atoms with Gasteiger partial charge >= 0.3 is 0 Å². The lowest BCUT2D eigenvalue weighted by atomic mass is 10.0. The molecule has 0 radical (unpaired) electrons. The van der Waals surface area contributed by atoms with E-state index >= 15 is 0 Å². The van der Waals surface area contributed by atoms with Gasteiger partial charge in [0, 0.05) is 12.6 Å². The average molecular weight is 230 g/mol. The summed E-state index contributed by atoms with van der Waals surface area (Å²) < 4.78 is 7.35. The van der Waals surface area contributed by atoms with Gasteiger partial charge in [0.1, 0.15) is 5.75 Å². The molecule has 1 aromatic carbocycles. The molecule has 2 rings (SSSR count). The Bertz CT molecular complexity index is 556. The first-order chi connectivity index (χ1) is 8.02. The van der Waals surface area contributed by atoms with Crippen molar-refractivity contribution in [3.63, 3.8) is 0 Å². The third-order valence-electron chi connectivity index (χ3n) is 3.09. The lowest BCUT2D eigenvalue weighted by molar-refractivity contribution is 0.415. The van der Waals surface area contributed by atoms with Crippen molar-refractivity contribution in [1.82, 2.24) is 9.78 Å². The molecule has 90 valence electrons. The van der Waals surface area contributed by atoms with Crippen LogP contribution in [0.25, 0.3) is 11.3 Å². The van der Waals surface area contributed by atoms with E-state index in [1.54, 1.807) is 7.11 Å². The number of methoxy groups -OCH3 is 1. The van der Waals surface area contributed by atoms with Gasteiger partial charge in [-0.3, -0.25) is 4.68 Å². The van der Waals surface area contributed by atoms with Gasteiger partial charge in [-0.05, 0) is 50.1 Å². The molecule has 3 heteroatoms.